The molecule has 8 nitrogen and oxygen atoms in total. The van der Waals surface area contributed by atoms with Gasteiger partial charge in [-0.25, -0.2) is 8.42 Å². The molecule has 0 radical (unpaired) electrons. The van der Waals surface area contributed by atoms with Gasteiger partial charge in [0, 0.05) is 37.5 Å². The summed E-state index contributed by atoms with van der Waals surface area (Å²) in [5.41, 5.74) is 2.12. The van der Waals surface area contributed by atoms with E-state index >= 15 is 0 Å². The maximum Gasteiger partial charge on any atom is 0.243 e. The summed E-state index contributed by atoms with van der Waals surface area (Å²) in [6.45, 7) is 2.80. The molecule has 1 atom stereocenters. The van der Waals surface area contributed by atoms with Crippen molar-refractivity contribution < 1.29 is 22.7 Å². The van der Waals surface area contributed by atoms with Gasteiger partial charge in [-0.1, -0.05) is 79.0 Å². The molecule has 0 saturated heterocycles. The van der Waals surface area contributed by atoms with Gasteiger partial charge < -0.3 is 15.0 Å². The van der Waals surface area contributed by atoms with Gasteiger partial charge in [-0.2, -0.15) is 0 Å². The first-order valence-corrected chi connectivity index (χ1v) is 16.8. The van der Waals surface area contributed by atoms with Gasteiger partial charge in [-0.3, -0.25) is 13.9 Å². The van der Waals surface area contributed by atoms with Crippen molar-refractivity contribution in [3.05, 3.63) is 94.0 Å². The van der Waals surface area contributed by atoms with Crippen LogP contribution in [0.25, 0.3) is 0 Å². The highest BCUT2D eigenvalue weighted by atomic mass is 35.5. The van der Waals surface area contributed by atoms with Gasteiger partial charge in [0.25, 0.3) is 0 Å². The molecule has 0 aliphatic carbocycles. The van der Waals surface area contributed by atoms with E-state index < -0.39 is 16.1 Å². The monoisotopic (exact) mass is 647 g/mol. The molecule has 0 spiro atoms. The number of sulfonamides is 1. The number of ether oxygens (including phenoxy) is 1. The van der Waals surface area contributed by atoms with Crippen molar-refractivity contribution in [2.45, 2.75) is 51.6 Å². The molecule has 0 aliphatic heterocycles. The van der Waals surface area contributed by atoms with Crippen LogP contribution in [-0.4, -0.2) is 57.6 Å². The standard InChI is InChI=1S/C32H39Cl2N3O5S/c1-4-5-19-35-32(39)29(21-24-10-7-6-8-11-24)36(23-25-13-15-26(33)16-14-25)31(38)12-9-20-37(43(3,40)41)27-17-18-30(42-2)28(34)22-27/h6-8,10-11,13-18,22,29H,4-5,9,12,19-21,23H2,1-3H3,(H,35,39). The number of hydrogen-bond donors (Lipinski definition) is 1. The highest BCUT2D eigenvalue weighted by Crippen LogP contribution is 2.30. The number of nitrogens with one attached hydrogen (secondary N) is 1. The molecule has 43 heavy (non-hydrogen) atoms. The van der Waals surface area contributed by atoms with E-state index in [1.54, 1.807) is 29.2 Å². The molecular formula is C32H39Cl2N3O5S. The average Bonchev–Trinajstić information content (AvgIpc) is 2.98. The lowest BCUT2D eigenvalue weighted by Gasteiger charge is -2.32. The topological polar surface area (TPSA) is 96.0 Å². The summed E-state index contributed by atoms with van der Waals surface area (Å²) in [6, 6.07) is 20.7. The Morgan fingerprint density at radius 2 is 1.65 bits per heavy atom. The SMILES string of the molecule is CCCCNC(=O)C(Cc1ccccc1)N(Cc1ccc(Cl)cc1)C(=O)CCCN(c1ccc(OC)c(Cl)c1)S(C)(=O)=O. The number of methoxy groups -OCH3 is 1. The molecule has 11 heteroatoms. The van der Waals surface area contributed by atoms with Crippen LogP contribution in [0.5, 0.6) is 5.75 Å². The number of benzene rings is 3. The van der Waals surface area contributed by atoms with Crippen LogP contribution in [-0.2, 0) is 32.6 Å². The van der Waals surface area contributed by atoms with E-state index in [0.717, 1.165) is 30.2 Å². The van der Waals surface area contributed by atoms with E-state index in [0.29, 0.717) is 29.4 Å². The van der Waals surface area contributed by atoms with E-state index in [4.69, 9.17) is 27.9 Å². The van der Waals surface area contributed by atoms with Crippen LogP contribution in [0.3, 0.4) is 0 Å². The second-order valence-corrected chi connectivity index (χ2v) is 13.0. The molecule has 232 valence electrons. The van der Waals surface area contributed by atoms with Crippen LogP contribution >= 0.6 is 23.2 Å². The number of carbonyl (C=O) groups excluding carboxylic acids is 2. The Morgan fingerprint density at radius 3 is 2.26 bits per heavy atom. The Morgan fingerprint density at radius 1 is 0.953 bits per heavy atom. The van der Waals surface area contributed by atoms with Crippen LogP contribution in [0, 0.1) is 0 Å². The zero-order valence-electron chi connectivity index (χ0n) is 24.8. The minimum Gasteiger partial charge on any atom is -0.495 e. The molecule has 0 aliphatic rings. The lowest BCUT2D eigenvalue weighted by molar-refractivity contribution is -0.141. The first-order valence-electron chi connectivity index (χ1n) is 14.2. The largest absolute Gasteiger partial charge is 0.495 e. The van der Waals surface area contributed by atoms with E-state index in [-0.39, 0.29) is 42.8 Å². The van der Waals surface area contributed by atoms with Gasteiger partial charge >= 0.3 is 0 Å². The Kier molecular flexibility index (Phi) is 13.2. The fourth-order valence-corrected chi connectivity index (χ4v) is 6.00. The molecule has 0 bridgehead atoms. The van der Waals surface area contributed by atoms with Crippen molar-refractivity contribution in [3.8, 4) is 5.75 Å². The molecule has 0 aromatic heterocycles. The van der Waals surface area contributed by atoms with Gasteiger partial charge in [-0.15, -0.1) is 0 Å². The third-order valence-corrected chi connectivity index (χ3v) is 8.68. The maximum absolute atomic E-state index is 13.9. The van der Waals surface area contributed by atoms with Gasteiger partial charge in [-0.05, 0) is 54.3 Å². The highest BCUT2D eigenvalue weighted by Gasteiger charge is 2.30. The molecule has 3 aromatic rings. The third-order valence-electron chi connectivity index (χ3n) is 6.94. The maximum atomic E-state index is 13.9. The van der Waals surface area contributed by atoms with E-state index in [2.05, 4.69) is 5.32 Å². The van der Waals surface area contributed by atoms with Crippen LogP contribution < -0.4 is 14.4 Å². The van der Waals surface area contributed by atoms with Crippen molar-refractivity contribution in [1.29, 1.82) is 0 Å². The Bertz CT molecular complexity index is 1450. The summed E-state index contributed by atoms with van der Waals surface area (Å²) in [5, 5.41) is 3.84. The van der Waals surface area contributed by atoms with Gasteiger partial charge in [0.15, 0.2) is 0 Å². The molecule has 1 unspecified atom stereocenters. The van der Waals surface area contributed by atoms with Crippen LogP contribution in [0.15, 0.2) is 72.8 Å². The van der Waals surface area contributed by atoms with Crippen molar-refractivity contribution in [3.63, 3.8) is 0 Å². The predicted molar refractivity (Wildman–Crippen MR) is 173 cm³/mol. The second kappa shape index (κ2) is 16.5. The summed E-state index contributed by atoms with van der Waals surface area (Å²) in [7, 11) is -2.20. The average molecular weight is 649 g/mol. The predicted octanol–water partition coefficient (Wildman–Crippen LogP) is 6.10. The van der Waals surface area contributed by atoms with Gasteiger partial charge in [0.05, 0.1) is 24.1 Å². The number of rotatable bonds is 16. The molecule has 0 saturated carbocycles. The van der Waals surface area contributed by atoms with Gasteiger partial charge in [0.2, 0.25) is 21.8 Å². The molecule has 0 heterocycles. The van der Waals surface area contributed by atoms with E-state index in [1.807, 2.05) is 49.4 Å². The molecule has 3 rings (SSSR count). The van der Waals surface area contributed by atoms with Crippen molar-refractivity contribution in [1.82, 2.24) is 10.2 Å². The summed E-state index contributed by atoms with van der Waals surface area (Å²) in [4.78, 5) is 29.0. The molecule has 0 fully saturated rings. The van der Waals surface area contributed by atoms with E-state index in [1.165, 1.54) is 17.5 Å². The number of halogens is 2. The Balaban J connectivity index is 1.87. The molecule has 3 aromatic carbocycles. The first kappa shape index (κ1) is 34.2. The second-order valence-electron chi connectivity index (χ2n) is 10.3. The summed E-state index contributed by atoms with van der Waals surface area (Å²) >= 11 is 12.4. The first-order chi connectivity index (χ1) is 20.5. The number of amides is 2. The Hall–Kier alpha value is -3.27. The number of anilines is 1. The lowest BCUT2D eigenvalue weighted by Crippen LogP contribution is -2.50. The number of unbranched alkanes of at least 4 members (excludes halogenated alkanes) is 1. The smallest absolute Gasteiger partial charge is 0.243 e. The normalized spacial score (nSPS) is 11.9. The summed E-state index contributed by atoms with van der Waals surface area (Å²) in [5.74, 6) is -0.0680. The van der Waals surface area contributed by atoms with Crippen molar-refractivity contribution in [2.75, 3.05) is 30.8 Å². The third kappa shape index (κ3) is 10.4. The number of nitrogens with zero attached hydrogens (tertiary/aromatic N) is 2. The fourth-order valence-electron chi connectivity index (χ4n) is 4.66. The zero-order chi connectivity index (χ0) is 31.4. The van der Waals surface area contributed by atoms with Crippen LogP contribution in [0.2, 0.25) is 10.0 Å². The lowest BCUT2D eigenvalue weighted by atomic mass is 10.0. The molecular weight excluding hydrogens is 609 g/mol. The van der Waals surface area contributed by atoms with Gasteiger partial charge in [0.1, 0.15) is 11.8 Å². The molecule has 1 N–H and O–H groups in total. The quantitative estimate of drug-likeness (QED) is 0.189. The summed E-state index contributed by atoms with van der Waals surface area (Å²) < 4.78 is 31.8. The van der Waals surface area contributed by atoms with Crippen molar-refractivity contribution >= 4 is 50.7 Å². The van der Waals surface area contributed by atoms with Crippen LogP contribution in [0.4, 0.5) is 5.69 Å². The zero-order valence-corrected chi connectivity index (χ0v) is 27.1. The minimum atomic E-state index is -3.68. The fraction of sp³-hybridized carbons (Fsp3) is 0.375. The molecule has 2 amide bonds. The van der Waals surface area contributed by atoms with Crippen molar-refractivity contribution in [2.24, 2.45) is 0 Å². The minimum absolute atomic E-state index is 0.0248. The summed E-state index contributed by atoms with van der Waals surface area (Å²) in [6.07, 6.45) is 3.44. The number of hydrogen-bond acceptors (Lipinski definition) is 5. The van der Waals surface area contributed by atoms with E-state index in [9.17, 15) is 18.0 Å². The Labute approximate surface area is 265 Å². The highest BCUT2D eigenvalue weighted by molar-refractivity contribution is 7.92. The van der Waals surface area contributed by atoms with Crippen LogP contribution in [0.1, 0.15) is 43.7 Å². The number of carbonyl (C=O) groups is 2.